The molecule has 2 amide bonds. The Morgan fingerprint density at radius 2 is 1.55 bits per heavy atom. The van der Waals surface area contributed by atoms with Crippen molar-refractivity contribution in [3.05, 3.63) is 95.8 Å². The highest BCUT2D eigenvalue weighted by molar-refractivity contribution is 7.92. The minimum Gasteiger partial charge on any atom is -0.494 e. The predicted molar refractivity (Wildman–Crippen MR) is 154 cm³/mol. The summed E-state index contributed by atoms with van der Waals surface area (Å²) in [6.45, 7) is 5.37. The largest absolute Gasteiger partial charge is 0.494 e. The van der Waals surface area contributed by atoms with Gasteiger partial charge in [0.2, 0.25) is 21.8 Å². The van der Waals surface area contributed by atoms with Gasteiger partial charge in [0.25, 0.3) is 0 Å². The van der Waals surface area contributed by atoms with Crippen LogP contribution in [0.3, 0.4) is 0 Å². The second-order valence-corrected chi connectivity index (χ2v) is 11.6. The number of nitrogens with zero attached hydrogens (tertiary/aromatic N) is 2. The number of hydrogen-bond acceptors (Lipinski definition) is 5. The number of nitrogens with one attached hydrogen (secondary N) is 1. The highest BCUT2D eigenvalue weighted by atomic mass is 32.2. The third-order valence-electron chi connectivity index (χ3n) is 6.08. The molecule has 3 aromatic carbocycles. The van der Waals surface area contributed by atoms with Crippen LogP contribution in [0.15, 0.2) is 78.9 Å². The molecule has 1 N–H and O–H groups in total. The minimum absolute atomic E-state index is 0.0248. The normalized spacial score (nSPS) is 12.1. The Morgan fingerprint density at radius 3 is 2.10 bits per heavy atom. The average Bonchev–Trinajstić information content (AvgIpc) is 2.90. The number of anilines is 1. The zero-order chi connectivity index (χ0) is 29.3. The van der Waals surface area contributed by atoms with Gasteiger partial charge in [-0.15, -0.1) is 0 Å². The lowest BCUT2D eigenvalue weighted by Gasteiger charge is -2.34. The van der Waals surface area contributed by atoms with E-state index in [-0.39, 0.29) is 30.6 Å². The number of hydrogen-bond donors (Lipinski definition) is 1. The molecule has 40 heavy (non-hydrogen) atoms. The van der Waals surface area contributed by atoms with E-state index in [1.165, 1.54) is 29.2 Å². The fraction of sp³-hybridized carbons (Fsp3) is 0.333. The summed E-state index contributed by atoms with van der Waals surface area (Å²) in [7, 11) is -3.88. The summed E-state index contributed by atoms with van der Waals surface area (Å²) in [5.41, 5.74) is 1.71. The van der Waals surface area contributed by atoms with E-state index < -0.39 is 34.3 Å². The zero-order valence-electron chi connectivity index (χ0n) is 23.2. The molecule has 0 aliphatic rings. The fourth-order valence-corrected chi connectivity index (χ4v) is 5.06. The van der Waals surface area contributed by atoms with Crippen molar-refractivity contribution in [3.8, 4) is 5.75 Å². The lowest BCUT2D eigenvalue weighted by Crippen LogP contribution is -2.54. The van der Waals surface area contributed by atoms with Crippen LogP contribution >= 0.6 is 0 Å². The highest BCUT2D eigenvalue weighted by Crippen LogP contribution is 2.23. The molecule has 3 rings (SSSR count). The molecule has 0 spiro atoms. The summed E-state index contributed by atoms with van der Waals surface area (Å²) in [6, 6.07) is 20.1. The third-order valence-corrected chi connectivity index (χ3v) is 7.22. The molecular weight excluding hydrogens is 533 g/mol. The quantitative estimate of drug-likeness (QED) is 0.334. The van der Waals surface area contributed by atoms with Crippen LogP contribution in [0.2, 0.25) is 0 Å². The summed E-state index contributed by atoms with van der Waals surface area (Å²) in [5.74, 6) is -0.819. The molecule has 0 radical (unpaired) electrons. The maximum absolute atomic E-state index is 14.0. The molecule has 3 aromatic rings. The lowest BCUT2D eigenvalue weighted by atomic mass is 10.0. The third kappa shape index (κ3) is 8.81. The predicted octanol–water partition coefficient (Wildman–Crippen LogP) is 4.16. The zero-order valence-corrected chi connectivity index (χ0v) is 24.0. The van der Waals surface area contributed by atoms with Crippen molar-refractivity contribution in [3.63, 3.8) is 0 Å². The van der Waals surface area contributed by atoms with Gasteiger partial charge in [-0.2, -0.15) is 0 Å². The van der Waals surface area contributed by atoms with Gasteiger partial charge < -0.3 is 15.0 Å². The molecule has 214 valence electrons. The Labute approximate surface area is 235 Å². The van der Waals surface area contributed by atoms with Gasteiger partial charge in [0.15, 0.2) is 0 Å². The van der Waals surface area contributed by atoms with E-state index >= 15 is 0 Å². The molecular formula is C30H36FN3O5S. The number of amides is 2. The van der Waals surface area contributed by atoms with Gasteiger partial charge in [-0.3, -0.25) is 13.9 Å². The maximum Gasteiger partial charge on any atom is 0.244 e. The van der Waals surface area contributed by atoms with E-state index in [1.54, 1.807) is 24.3 Å². The number of benzene rings is 3. The molecule has 0 aliphatic carbocycles. The molecule has 10 heteroatoms. The van der Waals surface area contributed by atoms with Gasteiger partial charge in [-0.25, -0.2) is 12.8 Å². The monoisotopic (exact) mass is 569 g/mol. The van der Waals surface area contributed by atoms with Crippen LogP contribution in [-0.4, -0.2) is 56.6 Å². The van der Waals surface area contributed by atoms with Gasteiger partial charge in [0.1, 0.15) is 24.2 Å². The van der Waals surface area contributed by atoms with Gasteiger partial charge in [0, 0.05) is 19.0 Å². The van der Waals surface area contributed by atoms with Gasteiger partial charge >= 0.3 is 0 Å². The second-order valence-electron chi connectivity index (χ2n) is 9.71. The summed E-state index contributed by atoms with van der Waals surface area (Å²) in [4.78, 5) is 28.8. The molecule has 0 aromatic heterocycles. The Kier molecular flexibility index (Phi) is 10.7. The number of sulfonamides is 1. The van der Waals surface area contributed by atoms with Crippen molar-refractivity contribution in [1.82, 2.24) is 10.2 Å². The first-order valence-electron chi connectivity index (χ1n) is 13.1. The van der Waals surface area contributed by atoms with Crippen molar-refractivity contribution in [1.29, 1.82) is 0 Å². The summed E-state index contributed by atoms with van der Waals surface area (Å²) in [5, 5.41) is 2.89. The molecule has 8 nitrogen and oxygen atoms in total. The SMILES string of the molecule is CCOc1ccc(N(CC(=O)N(Cc2ccc(F)cc2)[C@@H](Cc2ccccc2)C(=O)NC(C)C)S(C)(=O)=O)cc1. The maximum atomic E-state index is 14.0. The summed E-state index contributed by atoms with van der Waals surface area (Å²) in [6.07, 6.45) is 1.22. The van der Waals surface area contributed by atoms with Crippen LogP contribution in [-0.2, 0) is 32.6 Å². The molecule has 0 aliphatic heterocycles. The van der Waals surface area contributed by atoms with Crippen LogP contribution in [0, 0.1) is 5.82 Å². The number of carbonyl (C=O) groups excluding carboxylic acids is 2. The lowest BCUT2D eigenvalue weighted by molar-refractivity contribution is -0.140. The minimum atomic E-state index is -3.88. The van der Waals surface area contributed by atoms with Crippen molar-refractivity contribution in [2.45, 2.75) is 45.8 Å². The molecule has 0 heterocycles. The van der Waals surface area contributed by atoms with Crippen LogP contribution in [0.4, 0.5) is 10.1 Å². The average molecular weight is 570 g/mol. The molecule has 0 saturated heterocycles. The Hall–Kier alpha value is -3.92. The van der Waals surface area contributed by atoms with E-state index in [1.807, 2.05) is 51.1 Å². The van der Waals surface area contributed by atoms with E-state index in [0.717, 1.165) is 16.1 Å². The van der Waals surface area contributed by atoms with Crippen LogP contribution in [0.25, 0.3) is 0 Å². The van der Waals surface area contributed by atoms with Crippen LogP contribution in [0.1, 0.15) is 31.9 Å². The number of carbonyl (C=O) groups is 2. The number of rotatable bonds is 13. The molecule has 0 saturated carbocycles. The van der Waals surface area contributed by atoms with Crippen molar-refractivity contribution < 1.29 is 27.1 Å². The Bertz CT molecular complexity index is 1360. The summed E-state index contributed by atoms with van der Waals surface area (Å²) < 4.78 is 45.8. The fourth-order valence-electron chi connectivity index (χ4n) is 4.21. The van der Waals surface area contributed by atoms with E-state index in [4.69, 9.17) is 4.74 Å². The van der Waals surface area contributed by atoms with Crippen molar-refractivity contribution in [2.75, 3.05) is 23.7 Å². The van der Waals surface area contributed by atoms with E-state index in [2.05, 4.69) is 5.32 Å². The summed E-state index contributed by atoms with van der Waals surface area (Å²) >= 11 is 0. The van der Waals surface area contributed by atoms with E-state index in [9.17, 15) is 22.4 Å². The van der Waals surface area contributed by atoms with Gasteiger partial charge in [-0.1, -0.05) is 42.5 Å². The van der Waals surface area contributed by atoms with Gasteiger partial charge in [0.05, 0.1) is 18.6 Å². The number of halogens is 1. The van der Waals surface area contributed by atoms with Crippen LogP contribution < -0.4 is 14.4 Å². The highest BCUT2D eigenvalue weighted by Gasteiger charge is 2.33. The second kappa shape index (κ2) is 13.9. The standard InChI is InChI=1S/C30H36FN3O5S/c1-5-39-27-17-15-26(16-18-27)34(40(4,37)38)21-29(35)33(20-24-11-13-25(31)14-12-24)28(30(36)32-22(2)3)19-23-9-7-6-8-10-23/h6-18,22,28H,5,19-21H2,1-4H3,(H,32,36)/t28-/m0/s1. The smallest absolute Gasteiger partial charge is 0.244 e. The molecule has 1 atom stereocenters. The Morgan fingerprint density at radius 1 is 0.925 bits per heavy atom. The first-order chi connectivity index (χ1) is 19.0. The Balaban J connectivity index is 2.02. The molecule has 0 bridgehead atoms. The number of ether oxygens (including phenoxy) is 1. The van der Waals surface area contributed by atoms with Crippen molar-refractivity contribution in [2.24, 2.45) is 0 Å². The first-order valence-corrected chi connectivity index (χ1v) is 14.9. The van der Waals surface area contributed by atoms with Gasteiger partial charge in [-0.05, 0) is 68.3 Å². The molecule has 0 unspecified atom stereocenters. The first kappa shape index (κ1) is 30.6. The van der Waals surface area contributed by atoms with E-state index in [0.29, 0.717) is 17.9 Å². The van der Waals surface area contributed by atoms with Crippen molar-refractivity contribution >= 4 is 27.5 Å². The molecule has 0 fully saturated rings. The van der Waals surface area contributed by atoms with Crippen LogP contribution in [0.5, 0.6) is 5.75 Å². The topological polar surface area (TPSA) is 96.0 Å².